The lowest BCUT2D eigenvalue weighted by Crippen LogP contribution is -2.33. The van der Waals surface area contributed by atoms with E-state index < -0.39 is 0 Å². The molecule has 1 aromatic heterocycles. The molecule has 1 amide bonds. The molecule has 0 saturated heterocycles. The Kier molecular flexibility index (Phi) is 4.90. The van der Waals surface area contributed by atoms with Crippen LogP contribution in [0.2, 0.25) is 0 Å². The van der Waals surface area contributed by atoms with E-state index in [1.807, 2.05) is 25.3 Å². The molecule has 0 fully saturated rings. The highest BCUT2D eigenvalue weighted by Crippen LogP contribution is 2.01. The summed E-state index contributed by atoms with van der Waals surface area (Å²) in [7, 11) is 0. The Balaban J connectivity index is 2.22. The van der Waals surface area contributed by atoms with Gasteiger partial charge in [-0.2, -0.15) is 0 Å². The molecular formula is C11H18N2O2. The molecule has 0 aliphatic carbocycles. The lowest BCUT2D eigenvalue weighted by atomic mass is 10.1. The fourth-order valence-corrected chi connectivity index (χ4v) is 1.39. The fourth-order valence-electron chi connectivity index (χ4n) is 1.39. The van der Waals surface area contributed by atoms with Crippen LogP contribution in [0.15, 0.2) is 18.3 Å². The summed E-state index contributed by atoms with van der Waals surface area (Å²) >= 11 is 0. The van der Waals surface area contributed by atoms with Gasteiger partial charge >= 0.3 is 0 Å². The third-order valence-corrected chi connectivity index (χ3v) is 2.44. The van der Waals surface area contributed by atoms with Gasteiger partial charge < -0.3 is 15.4 Å². The number of rotatable bonds is 6. The molecular weight excluding hydrogens is 192 g/mol. The minimum atomic E-state index is -0.270. The van der Waals surface area contributed by atoms with E-state index >= 15 is 0 Å². The van der Waals surface area contributed by atoms with Gasteiger partial charge in [-0.25, -0.2) is 0 Å². The highest BCUT2D eigenvalue weighted by molar-refractivity contribution is 5.78. The van der Waals surface area contributed by atoms with Gasteiger partial charge in [-0.05, 0) is 18.6 Å². The van der Waals surface area contributed by atoms with Gasteiger partial charge in [0.1, 0.15) is 0 Å². The number of carbonyl (C=O) groups is 1. The van der Waals surface area contributed by atoms with E-state index in [-0.39, 0.29) is 18.4 Å². The Labute approximate surface area is 89.7 Å². The van der Waals surface area contributed by atoms with Crippen LogP contribution in [0, 0.1) is 5.92 Å². The summed E-state index contributed by atoms with van der Waals surface area (Å²) in [6, 6.07) is 3.91. The molecule has 4 nitrogen and oxygen atoms in total. The van der Waals surface area contributed by atoms with Crippen LogP contribution in [-0.4, -0.2) is 29.1 Å². The Hall–Kier alpha value is -1.29. The standard InChI is InChI=1S/C11H18N2O2/c1-2-9(8-14)11(15)13-7-5-10-4-3-6-12-10/h3-4,6,9,12,14H,2,5,7-8H2,1H3,(H,13,15). The molecule has 3 N–H and O–H groups in total. The third kappa shape index (κ3) is 3.75. The maximum absolute atomic E-state index is 11.5. The summed E-state index contributed by atoms with van der Waals surface area (Å²) in [5.74, 6) is -0.333. The lowest BCUT2D eigenvalue weighted by molar-refractivity contribution is -0.126. The predicted molar refractivity (Wildman–Crippen MR) is 58.4 cm³/mol. The van der Waals surface area contributed by atoms with E-state index in [4.69, 9.17) is 5.11 Å². The molecule has 0 saturated carbocycles. The highest BCUT2D eigenvalue weighted by Gasteiger charge is 2.13. The van der Waals surface area contributed by atoms with Crippen molar-refractivity contribution in [3.63, 3.8) is 0 Å². The van der Waals surface area contributed by atoms with E-state index in [2.05, 4.69) is 10.3 Å². The second-order valence-electron chi connectivity index (χ2n) is 3.52. The zero-order valence-electron chi connectivity index (χ0n) is 8.99. The Morgan fingerprint density at radius 2 is 2.47 bits per heavy atom. The zero-order valence-corrected chi connectivity index (χ0v) is 8.99. The average Bonchev–Trinajstić information content (AvgIpc) is 2.72. The minimum absolute atomic E-state index is 0.0634. The highest BCUT2D eigenvalue weighted by atomic mass is 16.3. The third-order valence-electron chi connectivity index (χ3n) is 2.44. The molecule has 0 radical (unpaired) electrons. The van der Waals surface area contributed by atoms with Gasteiger partial charge in [0.25, 0.3) is 0 Å². The largest absolute Gasteiger partial charge is 0.396 e. The summed E-state index contributed by atoms with van der Waals surface area (Å²) in [5, 5.41) is 11.7. The van der Waals surface area contributed by atoms with Crippen molar-refractivity contribution >= 4 is 5.91 Å². The maximum Gasteiger partial charge on any atom is 0.225 e. The quantitative estimate of drug-likeness (QED) is 0.647. The van der Waals surface area contributed by atoms with Gasteiger partial charge in [0.05, 0.1) is 12.5 Å². The topological polar surface area (TPSA) is 65.1 Å². The molecule has 0 bridgehead atoms. The van der Waals surface area contributed by atoms with Gasteiger partial charge in [-0.1, -0.05) is 6.92 Å². The van der Waals surface area contributed by atoms with Crippen LogP contribution < -0.4 is 5.32 Å². The van der Waals surface area contributed by atoms with Crippen LogP contribution in [0.1, 0.15) is 19.0 Å². The minimum Gasteiger partial charge on any atom is -0.396 e. The number of H-pyrrole nitrogens is 1. The first-order valence-electron chi connectivity index (χ1n) is 5.28. The number of aromatic amines is 1. The number of amides is 1. The Morgan fingerprint density at radius 1 is 1.67 bits per heavy atom. The number of hydrogen-bond acceptors (Lipinski definition) is 2. The number of aliphatic hydroxyl groups excluding tert-OH is 1. The van der Waals surface area contributed by atoms with E-state index in [0.29, 0.717) is 13.0 Å². The second-order valence-corrected chi connectivity index (χ2v) is 3.52. The summed E-state index contributed by atoms with van der Waals surface area (Å²) in [6.07, 6.45) is 3.32. The van der Waals surface area contributed by atoms with Crippen LogP contribution in [0.25, 0.3) is 0 Å². The van der Waals surface area contributed by atoms with E-state index in [1.165, 1.54) is 0 Å². The first-order chi connectivity index (χ1) is 7.27. The van der Waals surface area contributed by atoms with Crippen molar-refractivity contribution < 1.29 is 9.90 Å². The normalized spacial score (nSPS) is 12.4. The van der Waals surface area contributed by atoms with Gasteiger partial charge in [0.15, 0.2) is 0 Å². The molecule has 4 heteroatoms. The molecule has 1 atom stereocenters. The van der Waals surface area contributed by atoms with Crippen LogP contribution in [0.3, 0.4) is 0 Å². The molecule has 0 spiro atoms. The SMILES string of the molecule is CCC(CO)C(=O)NCCc1ccc[nH]1. The summed E-state index contributed by atoms with van der Waals surface area (Å²) in [5.41, 5.74) is 1.10. The van der Waals surface area contributed by atoms with Crippen molar-refractivity contribution in [2.24, 2.45) is 5.92 Å². The summed E-state index contributed by atoms with van der Waals surface area (Å²) in [6.45, 7) is 2.42. The van der Waals surface area contributed by atoms with E-state index in [0.717, 1.165) is 12.1 Å². The molecule has 15 heavy (non-hydrogen) atoms. The van der Waals surface area contributed by atoms with E-state index in [9.17, 15) is 4.79 Å². The van der Waals surface area contributed by atoms with Crippen LogP contribution in [-0.2, 0) is 11.2 Å². The van der Waals surface area contributed by atoms with Crippen molar-refractivity contribution in [2.75, 3.05) is 13.2 Å². The molecule has 0 aliphatic heterocycles. The van der Waals surface area contributed by atoms with Crippen molar-refractivity contribution in [3.8, 4) is 0 Å². The fraction of sp³-hybridized carbons (Fsp3) is 0.545. The lowest BCUT2D eigenvalue weighted by Gasteiger charge is -2.11. The number of aromatic nitrogens is 1. The maximum atomic E-state index is 11.5. The first kappa shape index (κ1) is 11.8. The molecule has 0 aliphatic rings. The van der Waals surface area contributed by atoms with Gasteiger partial charge in [0, 0.05) is 24.9 Å². The monoisotopic (exact) mass is 210 g/mol. The number of carbonyl (C=O) groups excluding carboxylic acids is 1. The number of aliphatic hydroxyl groups is 1. The average molecular weight is 210 g/mol. The molecule has 1 unspecified atom stereocenters. The van der Waals surface area contributed by atoms with Gasteiger partial charge in [-0.3, -0.25) is 4.79 Å². The summed E-state index contributed by atoms with van der Waals surface area (Å²) in [4.78, 5) is 14.5. The summed E-state index contributed by atoms with van der Waals surface area (Å²) < 4.78 is 0. The predicted octanol–water partition coefficient (Wildman–Crippen LogP) is 0.692. The molecule has 1 heterocycles. The molecule has 84 valence electrons. The van der Waals surface area contributed by atoms with Gasteiger partial charge in [-0.15, -0.1) is 0 Å². The molecule has 1 rings (SSSR count). The van der Waals surface area contributed by atoms with Crippen molar-refractivity contribution in [1.82, 2.24) is 10.3 Å². The van der Waals surface area contributed by atoms with Crippen molar-refractivity contribution in [2.45, 2.75) is 19.8 Å². The smallest absolute Gasteiger partial charge is 0.225 e. The molecule has 0 aromatic carbocycles. The van der Waals surface area contributed by atoms with Gasteiger partial charge in [0.2, 0.25) is 5.91 Å². The van der Waals surface area contributed by atoms with Crippen molar-refractivity contribution in [3.05, 3.63) is 24.0 Å². The van der Waals surface area contributed by atoms with Crippen LogP contribution >= 0.6 is 0 Å². The zero-order chi connectivity index (χ0) is 11.1. The van der Waals surface area contributed by atoms with E-state index in [1.54, 1.807) is 0 Å². The number of nitrogens with one attached hydrogen (secondary N) is 2. The van der Waals surface area contributed by atoms with Crippen LogP contribution in [0.5, 0.6) is 0 Å². The molecule has 1 aromatic rings. The first-order valence-corrected chi connectivity index (χ1v) is 5.28. The van der Waals surface area contributed by atoms with Crippen LogP contribution in [0.4, 0.5) is 0 Å². The Morgan fingerprint density at radius 3 is 3.00 bits per heavy atom. The Bertz CT molecular complexity index is 279. The second kappa shape index (κ2) is 6.24. The number of hydrogen-bond donors (Lipinski definition) is 3. The van der Waals surface area contributed by atoms with Crippen molar-refractivity contribution in [1.29, 1.82) is 0 Å².